The normalized spacial score (nSPS) is 11.2. The predicted molar refractivity (Wildman–Crippen MR) is 139 cm³/mol. The number of anilines is 1. The van der Waals surface area contributed by atoms with Crippen LogP contribution >= 0.6 is 0 Å². The Kier molecular flexibility index (Phi) is 15.4. The number of Topliss-reactive ketones (excluding diaryl/α,β-unsaturated/α-hetero) is 3. The van der Waals surface area contributed by atoms with Crippen LogP contribution in [0.3, 0.4) is 0 Å². The first-order valence-corrected chi connectivity index (χ1v) is 13.2. The van der Waals surface area contributed by atoms with Crippen LogP contribution in [0.25, 0.3) is 0 Å². The van der Waals surface area contributed by atoms with Gasteiger partial charge in [-0.2, -0.15) is 0 Å². The zero-order valence-electron chi connectivity index (χ0n) is 21.6. The van der Waals surface area contributed by atoms with E-state index in [0.717, 1.165) is 24.6 Å². The number of nitrogens with one attached hydrogen (secondary N) is 1. The van der Waals surface area contributed by atoms with Crippen molar-refractivity contribution in [2.24, 2.45) is 11.8 Å². The summed E-state index contributed by atoms with van der Waals surface area (Å²) in [4.78, 5) is 35.6. The van der Waals surface area contributed by atoms with Crippen LogP contribution in [0.15, 0.2) is 24.3 Å². The molecule has 0 aromatic heterocycles. The van der Waals surface area contributed by atoms with Gasteiger partial charge < -0.3 is 5.32 Å². The van der Waals surface area contributed by atoms with Crippen molar-refractivity contribution in [2.75, 3.05) is 11.9 Å². The molecule has 0 aliphatic carbocycles. The molecule has 1 aromatic rings. The molecule has 0 unspecified atom stereocenters. The van der Waals surface area contributed by atoms with Crippen LogP contribution in [0.5, 0.6) is 0 Å². The van der Waals surface area contributed by atoms with Crippen LogP contribution in [-0.2, 0) is 9.59 Å². The Balaban J connectivity index is 2.04. The fraction of sp³-hybridized carbons (Fsp3) is 0.690. The standard InChI is InChI=1S/C29H47NO3/c1-23(2)17-15-13-11-9-7-5-6-8-10-12-14-16-22-30-27-20-18-26(19-21-27)29(33)28(24(3)31)25(4)32/h18-21,23,28,30H,5-17,22H2,1-4H3. The molecule has 0 fully saturated rings. The highest BCUT2D eigenvalue weighted by Crippen LogP contribution is 2.16. The van der Waals surface area contributed by atoms with E-state index < -0.39 is 23.3 Å². The molecule has 0 heterocycles. The van der Waals surface area contributed by atoms with Gasteiger partial charge in [-0.25, -0.2) is 0 Å². The summed E-state index contributed by atoms with van der Waals surface area (Å²) in [6.45, 7) is 8.11. The van der Waals surface area contributed by atoms with Gasteiger partial charge in [0.1, 0.15) is 17.5 Å². The monoisotopic (exact) mass is 457 g/mol. The average Bonchev–Trinajstić information content (AvgIpc) is 2.76. The third-order valence-corrected chi connectivity index (χ3v) is 6.28. The molecule has 4 heteroatoms. The molecule has 1 N–H and O–H groups in total. The molecule has 4 nitrogen and oxygen atoms in total. The summed E-state index contributed by atoms with van der Waals surface area (Å²) in [6, 6.07) is 7.06. The van der Waals surface area contributed by atoms with Gasteiger partial charge >= 0.3 is 0 Å². The van der Waals surface area contributed by atoms with E-state index in [-0.39, 0.29) is 0 Å². The fourth-order valence-electron chi connectivity index (χ4n) is 4.25. The molecule has 0 atom stereocenters. The first kappa shape index (κ1) is 29.1. The van der Waals surface area contributed by atoms with Crippen LogP contribution in [0, 0.1) is 11.8 Å². The van der Waals surface area contributed by atoms with Crippen molar-refractivity contribution in [1.82, 2.24) is 0 Å². The minimum atomic E-state index is -1.18. The van der Waals surface area contributed by atoms with Crippen molar-refractivity contribution in [3.63, 3.8) is 0 Å². The average molecular weight is 458 g/mol. The second-order valence-corrected chi connectivity index (χ2v) is 9.95. The Morgan fingerprint density at radius 3 is 1.52 bits per heavy atom. The highest BCUT2D eigenvalue weighted by atomic mass is 16.2. The van der Waals surface area contributed by atoms with E-state index in [9.17, 15) is 14.4 Å². The number of carbonyl (C=O) groups excluding carboxylic acids is 3. The van der Waals surface area contributed by atoms with Gasteiger partial charge in [-0.1, -0.05) is 90.9 Å². The van der Waals surface area contributed by atoms with Crippen LogP contribution in [0.2, 0.25) is 0 Å². The minimum absolute atomic E-state index is 0.401. The minimum Gasteiger partial charge on any atom is -0.385 e. The Labute approximate surface area is 202 Å². The second kappa shape index (κ2) is 17.5. The lowest BCUT2D eigenvalue weighted by atomic mass is 9.91. The quantitative estimate of drug-likeness (QED) is 0.123. The Morgan fingerprint density at radius 2 is 1.09 bits per heavy atom. The van der Waals surface area contributed by atoms with E-state index in [1.54, 1.807) is 12.1 Å². The molecule has 0 aliphatic heterocycles. The summed E-state index contributed by atoms with van der Waals surface area (Å²) < 4.78 is 0. The zero-order chi connectivity index (χ0) is 24.5. The number of carbonyl (C=O) groups is 3. The lowest BCUT2D eigenvalue weighted by Crippen LogP contribution is -2.28. The van der Waals surface area contributed by atoms with Crippen molar-refractivity contribution < 1.29 is 14.4 Å². The lowest BCUT2D eigenvalue weighted by molar-refractivity contribution is -0.128. The van der Waals surface area contributed by atoms with Gasteiger partial charge in [-0.3, -0.25) is 14.4 Å². The highest BCUT2D eigenvalue weighted by molar-refractivity contribution is 6.23. The van der Waals surface area contributed by atoms with E-state index in [1.165, 1.54) is 90.9 Å². The molecule has 0 spiro atoms. The summed E-state index contributed by atoms with van der Waals surface area (Å²) >= 11 is 0. The van der Waals surface area contributed by atoms with Crippen molar-refractivity contribution in [1.29, 1.82) is 0 Å². The molecular formula is C29H47NO3. The molecule has 1 aromatic carbocycles. The maximum Gasteiger partial charge on any atom is 0.180 e. The Bertz CT molecular complexity index is 679. The lowest BCUT2D eigenvalue weighted by Gasteiger charge is -2.10. The van der Waals surface area contributed by atoms with Gasteiger partial charge in [-0.05, 0) is 50.5 Å². The van der Waals surface area contributed by atoms with E-state index in [2.05, 4.69) is 19.2 Å². The Hall–Kier alpha value is -1.97. The summed E-state index contributed by atoms with van der Waals surface area (Å²) in [5, 5.41) is 3.39. The fourth-order valence-corrected chi connectivity index (χ4v) is 4.25. The number of rotatable bonds is 20. The number of hydrogen-bond donors (Lipinski definition) is 1. The summed E-state index contributed by atoms with van der Waals surface area (Å²) in [7, 11) is 0. The number of benzene rings is 1. The molecule has 0 radical (unpaired) electrons. The van der Waals surface area contributed by atoms with Gasteiger partial charge in [0.2, 0.25) is 0 Å². The molecule has 1 rings (SSSR count). The molecule has 0 saturated carbocycles. The summed E-state index contributed by atoms with van der Waals surface area (Å²) in [5.41, 5.74) is 1.36. The molecule has 186 valence electrons. The predicted octanol–water partition coefficient (Wildman–Crippen LogP) is 7.80. The first-order valence-electron chi connectivity index (χ1n) is 13.2. The van der Waals surface area contributed by atoms with E-state index >= 15 is 0 Å². The topological polar surface area (TPSA) is 63.2 Å². The van der Waals surface area contributed by atoms with Gasteiger partial charge in [0, 0.05) is 17.8 Å². The molecular weight excluding hydrogens is 410 g/mol. The first-order chi connectivity index (χ1) is 15.8. The summed E-state index contributed by atoms with van der Waals surface area (Å²) in [5.74, 6) is -1.54. The third-order valence-electron chi connectivity index (χ3n) is 6.28. The van der Waals surface area contributed by atoms with Crippen molar-refractivity contribution in [3.8, 4) is 0 Å². The van der Waals surface area contributed by atoms with Gasteiger partial charge in [0.25, 0.3) is 0 Å². The molecule has 0 amide bonds. The van der Waals surface area contributed by atoms with Crippen molar-refractivity contribution >= 4 is 23.0 Å². The van der Waals surface area contributed by atoms with Crippen LogP contribution < -0.4 is 5.32 Å². The molecule has 0 saturated heterocycles. The van der Waals surface area contributed by atoms with Gasteiger partial charge in [-0.15, -0.1) is 0 Å². The SMILES string of the molecule is CC(=O)C(C(C)=O)C(=O)c1ccc(NCCCCCCCCCCCCCCC(C)C)cc1. The molecule has 33 heavy (non-hydrogen) atoms. The van der Waals surface area contributed by atoms with E-state index in [1.807, 2.05) is 12.1 Å². The van der Waals surface area contributed by atoms with Crippen molar-refractivity contribution in [2.45, 2.75) is 111 Å². The van der Waals surface area contributed by atoms with E-state index in [0.29, 0.717) is 5.56 Å². The maximum atomic E-state index is 12.4. The molecule has 0 bridgehead atoms. The highest BCUT2D eigenvalue weighted by Gasteiger charge is 2.28. The maximum absolute atomic E-state index is 12.4. The van der Waals surface area contributed by atoms with Gasteiger partial charge in [0.15, 0.2) is 5.78 Å². The van der Waals surface area contributed by atoms with Gasteiger partial charge in [0.05, 0.1) is 0 Å². The largest absolute Gasteiger partial charge is 0.385 e. The zero-order valence-corrected chi connectivity index (χ0v) is 21.6. The number of hydrogen-bond acceptors (Lipinski definition) is 4. The van der Waals surface area contributed by atoms with Crippen LogP contribution in [0.1, 0.15) is 122 Å². The Morgan fingerprint density at radius 1 is 0.667 bits per heavy atom. The third kappa shape index (κ3) is 13.4. The van der Waals surface area contributed by atoms with Crippen LogP contribution in [0.4, 0.5) is 5.69 Å². The smallest absolute Gasteiger partial charge is 0.180 e. The van der Waals surface area contributed by atoms with Crippen LogP contribution in [-0.4, -0.2) is 23.9 Å². The second-order valence-electron chi connectivity index (χ2n) is 9.95. The van der Waals surface area contributed by atoms with Crippen molar-refractivity contribution in [3.05, 3.63) is 29.8 Å². The number of ketones is 3. The summed E-state index contributed by atoms with van der Waals surface area (Å²) in [6.07, 6.45) is 17.5. The molecule has 0 aliphatic rings. The number of unbranched alkanes of at least 4 members (excludes halogenated alkanes) is 11. The van der Waals surface area contributed by atoms with E-state index in [4.69, 9.17) is 0 Å².